The SMILES string of the molecule is CNc1ccc(N2CCN(C3CCOCC3)CC2)cc1OC. The Labute approximate surface area is 133 Å². The van der Waals surface area contributed by atoms with E-state index in [9.17, 15) is 0 Å². The Balaban J connectivity index is 1.61. The first-order chi connectivity index (χ1) is 10.8. The maximum Gasteiger partial charge on any atom is 0.144 e. The first-order valence-corrected chi connectivity index (χ1v) is 8.24. The molecule has 1 aromatic rings. The van der Waals surface area contributed by atoms with Crippen LogP contribution in [-0.4, -0.2) is 64.5 Å². The van der Waals surface area contributed by atoms with Crippen molar-refractivity contribution in [3.05, 3.63) is 18.2 Å². The molecule has 1 aromatic carbocycles. The van der Waals surface area contributed by atoms with Crippen molar-refractivity contribution in [2.45, 2.75) is 18.9 Å². The van der Waals surface area contributed by atoms with Crippen LogP contribution in [0.5, 0.6) is 5.75 Å². The third kappa shape index (κ3) is 3.31. The van der Waals surface area contributed by atoms with Gasteiger partial charge in [-0.3, -0.25) is 4.90 Å². The van der Waals surface area contributed by atoms with Gasteiger partial charge in [0.05, 0.1) is 12.8 Å². The van der Waals surface area contributed by atoms with Gasteiger partial charge in [-0.15, -0.1) is 0 Å². The van der Waals surface area contributed by atoms with E-state index >= 15 is 0 Å². The highest BCUT2D eigenvalue weighted by atomic mass is 16.5. The molecule has 1 N–H and O–H groups in total. The van der Waals surface area contributed by atoms with Crippen LogP contribution >= 0.6 is 0 Å². The molecule has 0 aliphatic carbocycles. The molecule has 0 amide bonds. The molecule has 22 heavy (non-hydrogen) atoms. The number of hydrogen-bond acceptors (Lipinski definition) is 5. The minimum atomic E-state index is 0.720. The highest BCUT2D eigenvalue weighted by Crippen LogP contribution is 2.30. The topological polar surface area (TPSA) is 37.0 Å². The van der Waals surface area contributed by atoms with Crippen molar-refractivity contribution >= 4 is 11.4 Å². The maximum atomic E-state index is 5.47. The van der Waals surface area contributed by atoms with Gasteiger partial charge in [0.25, 0.3) is 0 Å². The Morgan fingerprint density at radius 1 is 1.14 bits per heavy atom. The number of piperazine rings is 1. The Morgan fingerprint density at radius 3 is 2.50 bits per heavy atom. The van der Waals surface area contributed by atoms with Crippen molar-refractivity contribution in [1.29, 1.82) is 0 Å². The molecule has 2 aliphatic heterocycles. The summed E-state index contributed by atoms with van der Waals surface area (Å²) < 4.78 is 10.9. The molecule has 0 saturated carbocycles. The first-order valence-electron chi connectivity index (χ1n) is 8.24. The number of rotatable bonds is 4. The van der Waals surface area contributed by atoms with Gasteiger partial charge in [0.1, 0.15) is 5.75 Å². The predicted octanol–water partition coefficient (Wildman–Crippen LogP) is 2.04. The normalized spacial score (nSPS) is 20.9. The summed E-state index contributed by atoms with van der Waals surface area (Å²) in [6.07, 6.45) is 2.37. The number of nitrogens with zero attached hydrogens (tertiary/aromatic N) is 2. The van der Waals surface area contributed by atoms with Crippen molar-refractivity contribution in [3.63, 3.8) is 0 Å². The van der Waals surface area contributed by atoms with Crippen LogP contribution in [0.25, 0.3) is 0 Å². The molecule has 2 aliphatic rings. The molecule has 5 nitrogen and oxygen atoms in total. The Morgan fingerprint density at radius 2 is 1.86 bits per heavy atom. The van der Waals surface area contributed by atoms with Gasteiger partial charge in [0.15, 0.2) is 0 Å². The number of nitrogens with one attached hydrogen (secondary N) is 1. The van der Waals surface area contributed by atoms with E-state index in [0.29, 0.717) is 0 Å². The van der Waals surface area contributed by atoms with Gasteiger partial charge in [0.2, 0.25) is 0 Å². The molecule has 0 spiro atoms. The van der Waals surface area contributed by atoms with Crippen LogP contribution in [0.1, 0.15) is 12.8 Å². The minimum Gasteiger partial charge on any atom is -0.495 e. The van der Waals surface area contributed by atoms with Crippen LogP contribution in [-0.2, 0) is 4.74 Å². The molecule has 0 aromatic heterocycles. The second kappa shape index (κ2) is 7.20. The van der Waals surface area contributed by atoms with Crippen molar-refractivity contribution in [3.8, 4) is 5.75 Å². The monoisotopic (exact) mass is 305 g/mol. The second-order valence-electron chi connectivity index (χ2n) is 6.00. The van der Waals surface area contributed by atoms with Crippen LogP contribution in [0.3, 0.4) is 0 Å². The number of benzene rings is 1. The predicted molar refractivity (Wildman–Crippen MR) is 90.2 cm³/mol. The molecule has 3 rings (SSSR count). The van der Waals surface area contributed by atoms with Gasteiger partial charge in [-0.25, -0.2) is 0 Å². The highest BCUT2D eigenvalue weighted by molar-refractivity contribution is 5.64. The summed E-state index contributed by atoms with van der Waals surface area (Å²) in [5.74, 6) is 0.909. The van der Waals surface area contributed by atoms with Gasteiger partial charge in [-0.2, -0.15) is 0 Å². The zero-order valence-electron chi connectivity index (χ0n) is 13.7. The molecule has 0 bridgehead atoms. The third-order valence-corrected chi connectivity index (χ3v) is 4.84. The van der Waals surface area contributed by atoms with Crippen molar-refractivity contribution < 1.29 is 9.47 Å². The number of hydrogen-bond donors (Lipinski definition) is 1. The van der Waals surface area contributed by atoms with Gasteiger partial charge in [-0.05, 0) is 25.0 Å². The fraction of sp³-hybridized carbons (Fsp3) is 0.647. The molecular formula is C17H27N3O2. The van der Waals surface area contributed by atoms with E-state index in [1.54, 1.807) is 7.11 Å². The van der Waals surface area contributed by atoms with Gasteiger partial charge in [0, 0.05) is 64.2 Å². The Kier molecular flexibility index (Phi) is 5.05. The zero-order valence-corrected chi connectivity index (χ0v) is 13.7. The molecular weight excluding hydrogens is 278 g/mol. The smallest absolute Gasteiger partial charge is 0.144 e. The summed E-state index contributed by atoms with van der Waals surface area (Å²) in [4.78, 5) is 5.09. The number of ether oxygens (including phenoxy) is 2. The van der Waals surface area contributed by atoms with Crippen LogP contribution in [0.4, 0.5) is 11.4 Å². The largest absolute Gasteiger partial charge is 0.495 e. The standard InChI is InChI=1S/C17H27N3O2/c1-18-16-4-3-15(13-17(16)21-2)20-9-7-19(8-10-20)14-5-11-22-12-6-14/h3-4,13-14,18H,5-12H2,1-2H3. The van der Waals surface area contributed by atoms with E-state index < -0.39 is 0 Å². The van der Waals surface area contributed by atoms with Crippen molar-refractivity contribution in [2.24, 2.45) is 0 Å². The fourth-order valence-corrected chi connectivity index (χ4v) is 3.48. The van der Waals surface area contributed by atoms with Gasteiger partial charge >= 0.3 is 0 Å². The average Bonchev–Trinajstić information content (AvgIpc) is 2.62. The van der Waals surface area contributed by atoms with Crippen LogP contribution in [0.15, 0.2) is 18.2 Å². The van der Waals surface area contributed by atoms with Crippen LogP contribution < -0.4 is 15.0 Å². The second-order valence-corrected chi connectivity index (χ2v) is 6.00. The Hall–Kier alpha value is -1.46. The average molecular weight is 305 g/mol. The summed E-state index contributed by atoms with van der Waals surface area (Å²) in [6, 6.07) is 7.13. The summed E-state index contributed by atoms with van der Waals surface area (Å²) in [5, 5.41) is 3.16. The van der Waals surface area contributed by atoms with Crippen molar-refractivity contribution in [1.82, 2.24) is 4.90 Å². The third-order valence-electron chi connectivity index (χ3n) is 4.84. The molecule has 0 atom stereocenters. The fourth-order valence-electron chi connectivity index (χ4n) is 3.48. The lowest BCUT2D eigenvalue weighted by Gasteiger charge is -2.41. The molecule has 5 heteroatoms. The zero-order chi connectivity index (χ0) is 15.4. The van der Waals surface area contributed by atoms with E-state index in [-0.39, 0.29) is 0 Å². The lowest BCUT2D eigenvalue weighted by atomic mass is 10.1. The number of anilines is 2. The molecule has 0 unspecified atom stereocenters. The molecule has 122 valence electrons. The van der Waals surface area contributed by atoms with E-state index in [1.165, 1.54) is 18.5 Å². The van der Waals surface area contributed by atoms with E-state index in [1.807, 2.05) is 7.05 Å². The van der Waals surface area contributed by atoms with E-state index in [2.05, 4.69) is 33.3 Å². The summed E-state index contributed by atoms with van der Waals surface area (Å²) in [6.45, 7) is 6.29. The quantitative estimate of drug-likeness (QED) is 0.921. The summed E-state index contributed by atoms with van der Waals surface area (Å²) in [5.41, 5.74) is 2.29. The minimum absolute atomic E-state index is 0.720. The highest BCUT2D eigenvalue weighted by Gasteiger charge is 2.25. The number of methoxy groups -OCH3 is 1. The van der Waals surface area contributed by atoms with Crippen molar-refractivity contribution in [2.75, 3.05) is 63.8 Å². The molecule has 2 fully saturated rings. The lowest BCUT2D eigenvalue weighted by molar-refractivity contribution is 0.0321. The lowest BCUT2D eigenvalue weighted by Crippen LogP contribution is -2.51. The first kappa shape index (κ1) is 15.4. The van der Waals surface area contributed by atoms with Crippen LogP contribution in [0.2, 0.25) is 0 Å². The summed E-state index contributed by atoms with van der Waals surface area (Å²) in [7, 11) is 3.65. The Bertz CT molecular complexity index is 481. The molecule has 0 radical (unpaired) electrons. The molecule has 2 heterocycles. The maximum absolute atomic E-state index is 5.47. The summed E-state index contributed by atoms with van der Waals surface area (Å²) >= 11 is 0. The van der Waals surface area contributed by atoms with Gasteiger partial charge < -0.3 is 19.7 Å². The van der Waals surface area contributed by atoms with Crippen LogP contribution in [0, 0.1) is 0 Å². The van der Waals surface area contributed by atoms with E-state index in [4.69, 9.17) is 9.47 Å². The van der Waals surface area contributed by atoms with Gasteiger partial charge in [-0.1, -0.05) is 0 Å². The van der Waals surface area contributed by atoms with E-state index in [0.717, 1.165) is 56.9 Å². The molecule has 2 saturated heterocycles.